The summed E-state index contributed by atoms with van der Waals surface area (Å²) in [7, 11) is 0. The second-order valence-corrected chi connectivity index (χ2v) is 4.29. The summed E-state index contributed by atoms with van der Waals surface area (Å²) < 4.78 is 0. The third kappa shape index (κ3) is 5.50. The van der Waals surface area contributed by atoms with Crippen LogP contribution in [0.4, 0.5) is 0 Å². The van der Waals surface area contributed by atoms with Gasteiger partial charge in [-0.05, 0) is 12.5 Å². The molecule has 1 aromatic heterocycles. The van der Waals surface area contributed by atoms with E-state index in [4.69, 9.17) is 5.73 Å². The highest BCUT2D eigenvalue weighted by molar-refractivity contribution is 8.13. The summed E-state index contributed by atoms with van der Waals surface area (Å²) in [5, 5.41) is 8.30. The molecule has 86 valence electrons. The van der Waals surface area contributed by atoms with Crippen molar-refractivity contribution in [1.82, 2.24) is 4.98 Å². The second-order valence-electron chi connectivity index (χ2n) is 3.17. The van der Waals surface area contributed by atoms with Gasteiger partial charge in [-0.25, -0.2) is 0 Å². The van der Waals surface area contributed by atoms with Crippen molar-refractivity contribution < 1.29 is 0 Å². The number of aromatic nitrogens is 1. The minimum atomic E-state index is 0.508. The van der Waals surface area contributed by atoms with Crippen LogP contribution in [0.25, 0.3) is 0 Å². The average molecular weight is 236 g/mol. The number of nitrogens with two attached hydrogens (primary N) is 1. The van der Waals surface area contributed by atoms with Gasteiger partial charge in [-0.2, -0.15) is 5.10 Å². The molecular weight excluding hydrogens is 220 g/mol. The molecule has 2 N–H and O–H groups in total. The van der Waals surface area contributed by atoms with Crippen LogP contribution in [0, 0.1) is 0 Å². The maximum Gasteiger partial charge on any atom is 0.180 e. The average Bonchev–Trinajstić information content (AvgIpc) is 2.31. The van der Waals surface area contributed by atoms with Gasteiger partial charge in [0.25, 0.3) is 0 Å². The molecule has 0 atom stereocenters. The number of rotatable bonds is 5. The van der Waals surface area contributed by atoms with Crippen LogP contribution in [0.2, 0.25) is 0 Å². The Bertz CT molecular complexity index is 348. The molecule has 0 aromatic carbocycles. The van der Waals surface area contributed by atoms with Crippen molar-refractivity contribution in [2.75, 3.05) is 5.75 Å². The summed E-state index contributed by atoms with van der Waals surface area (Å²) in [6.45, 7) is 2.15. The topological polar surface area (TPSA) is 63.6 Å². The highest BCUT2D eigenvalue weighted by Crippen LogP contribution is 2.04. The quantitative estimate of drug-likeness (QED) is 0.369. The van der Waals surface area contributed by atoms with Crippen LogP contribution in [-0.4, -0.2) is 22.1 Å². The Morgan fingerprint density at radius 2 is 2.50 bits per heavy atom. The smallest absolute Gasteiger partial charge is 0.180 e. The van der Waals surface area contributed by atoms with Crippen LogP contribution in [0.15, 0.2) is 34.7 Å². The first-order valence-corrected chi connectivity index (χ1v) is 6.21. The molecule has 0 saturated heterocycles. The van der Waals surface area contributed by atoms with Crippen molar-refractivity contribution in [3.63, 3.8) is 0 Å². The molecule has 0 aliphatic carbocycles. The predicted octanol–water partition coefficient (Wildman–Crippen LogP) is 2.26. The van der Waals surface area contributed by atoms with Crippen LogP contribution < -0.4 is 5.73 Å². The largest absolute Gasteiger partial charge is 0.377 e. The Morgan fingerprint density at radius 1 is 1.62 bits per heavy atom. The Labute approximate surface area is 100 Å². The maximum absolute atomic E-state index is 5.66. The van der Waals surface area contributed by atoms with Crippen molar-refractivity contribution in [3.05, 3.63) is 30.1 Å². The molecule has 0 unspecified atom stereocenters. The zero-order valence-electron chi connectivity index (χ0n) is 9.34. The lowest BCUT2D eigenvalue weighted by Gasteiger charge is -1.95. The van der Waals surface area contributed by atoms with Gasteiger partial charge in [0.1, 0.15) is 0 Å². The van der Waals surface area contributed by atoms with Gasteiger partial charge >= 0.3 is 0 Å². The van der Waals surface area contributed by atoms with E-state index in [1.807, 2.05) is 12.1 Å². The minimum absolute atomic E-state index is 0.508. The Balaban J connectivity index is 2.37. The number of hydrogen-bond donors (Lipinski definition) is 1. The zero-order valence-corrected chi connectivity index (χ0v) is 10.2. The van der Waals surface area contributed by atoms with E-state index in [1.165, 1.54) is 18.2 Å². The van der Waals surface area contributed by atoms with E-state index in [0.717, 1.165) is 17.7 Å². The molecule has 0 aliphatic rings. The molecule has 0 bridgehead atoms. The molecule has 1 heterocycles. The van der Waals surface area contributed by atoms with Gasteiger partial charge in [-0.15, -0.1) is 5.10 Å². The fraction of sp³-hybridized carbons (Fsp3) is 0.364. The monoisotopic (exact) mass is 236 g/mol. The molecule has 0 saturated carbocycles. The van der Waals surface area contributed by atoms with Gasteiger partial charge < -0.3 is 5.73 Å². The van der Waals surface area contributed by atoms with Crippen LogP contribution in [0.3, 0.4) is 0 Å². The van der Waals surface area contributed by atoms with E-state index in [-0.39, 0.29) is 0 Å². The number of unbranched alkanes of at least 4 members (excludes halogenated alkanes) is 1. The fourth-order valence-electron chi connectivity index (χ4n) is 0.955. The fourth-order valence-corrected chi connectivity index (χ4v) is 1.70. The molecule has 0 fully saturated rings. The van der Waals surface area contributed by atoms with Crippen LogP contribution in [-0.2, 0) is 0 Å². The molecule has 0 aliphatic heterocycles. The minimum Gasteiger partial charge on any atom is -0.377 e. The molecule has 1 rings (SSSR count). The van der Waals surface area contributed by atoms with Crippen LogP contribution >= 0.6 is 11.8 Å². The highest BCUT2D eigenvalue weighted by Gasteiger charge is 1.91. The van der Waals surface area contributed by atoms with E-state index in [0.29, 0.717) is 5.17 Å². The van der Waals surface area contributed by atoms with Crippen molar-refractivity contribution in [1.29, 1.82) is 0 Å². The molecule has 16 heavy (non-hydrogen) atoms. The van der Waals surface area contributed by atoms with Gasteiger partial charge in [0, 0.05) is 23.7 Å². The first-order chi connectivity index (χ1) is 7.83. The standard InChI is InChI=1S/C11H16N4S/c1-2-3-7-16-11(12)15-14-9-10-5-4-6-13-8-10/h4-6,8-9H,2-3,7H2,1H3,(H2,12,15)/b14-9+. The summed E-state index contributed by atoms with van der Waals surface area (Å²) in [6, 6.07) is 3.76. The molecule has 0 amide bonds. The van der Waals surface area contributed by atoms with Gasteiger partial charge in [0.05, 0.1) is 6.21 Å². The third-order valence-electron chi connectivity index (χ3n) is 1.80. The summed E-state index contributed by atoms with van der Waals surface area (Å²) in [5.41, 5.74) is 6.58. The molecule has 1 aromatic rings. The van der Waals surface area contributed by atoms with Gasteiger partial charge in [-0.1, -0.05) is 31.2 Å². The summed E-state index contributed by atoms with van der Waals surface area (Å²) in [4.78, 5) is 3.97. The third-order valence-corrected chi connectivity index (χ3v) is 2.67. The highest BCUT2D eigenvalue weighted by atomic mass is 32.2. The lowest BCUT2D eigenvalue weighted by Crippen LogP contribution is -2.06. The Morgan fingerprint density at radius 3 is 3.19 bits per heavy atom. The summed E-state index contributed by atoms with van der Waals surface area (Å²) in [6.07, 6.45) is 7.39. The zero-order chi connectivity index (χ0) is 11.6. The summed E-state index contributed by atoms with van der Waals surface area (Å²) in [5.74, 6) is 0.994. The molecular formula is C11H16N4S. The SMILES string of the molecule is CCCCS/C(N)=N\N=C\c1cccnc1. The van der Waals surface area contributed by atoms with Crippen molar-refractivity contribution in [2.45, 2.75) is 19.8 Å². The number of thioether (sulfide) groups is 1. The Kier molecular flexibility index (Phi) is 6.25. The van der Waals surface area contributed by atoms with Crippen LogP contribution in [0.1, 0.15) is 25.3 Å². The normalized spacial score (nSPS) is 12.2. The Hall–Kier alpha value is -1.36. The summed E-state index contributed by atoms with van der Waals surface area (Å²) >= 11 is 1.53. The van der Waals surface area contributed by atoms with E-state index >= 15 is 0 Å². The van der Waals surface area contributed by atoms with Crippen molar-refractivity contribution in [3.8, 4) is 0 Å². The van der Waals surface area contributed by atoms with Gasteiger partial charge in [0.2, 0.25) is 0 Å². The number of pyridine rings is 1. The number of hydrogen-bond acceptors (Lipinski definition) is 4. The van der Waals surface area contributed by atoms with E-state index in [1.54, 1.807) is 18.6 Å². The molecule has 5 heteroatoms. The van der Waals surface area contributed by atoms with Gasteiger partial charge in [0.15, 0.2) is 5.17 Å². The van der Waals surface area contributed by atoms with E-state index < -0.39 is 0 Å². The molecule has 4 nitrogen and oxygen atoms in total. The first kappa shape index (κ1) is 12.7. The lowest BCUT2D eigenvalue weighted by atomic mass is 10.3. The predicted molar refractivity (Wildman–Crippen MR) is 70.8 cm³/mol. The van der Waals surface area contributed by atoms with Crippen molar-refractivity contribution in [2.24, 2.45) is 15.9 Å². The first-order valence-electron chi connectivity index (χ1n) is 5.22. The molecule has 0 radical (unpaired) electrons. The van der Waals surface area contributed by atoms with E-state index in [2.05, 4.69) is 22.1 Å². The number of nitrogens with zero attached hydrogens (tertiary/aromatic N) is 3. The van der Waals surface area contributed by atoms with Crippen molar-refractivity contribution >= 4 is 23.1 Å². The number of amidine groups is 1. The van der Waals surface area contributed by atoms with Crippen LogP contribution in [0.5, 0.6) is 0 Å². The van der Waals surface area contributed by atoms with Gasteiger partial charge in [-0.3, -0.25) is 4.98 Å². The van der Waals surface area contributed by atoms with E-state index in [9.17, 15) is 0 Å². The maximum atomic E-state index is 5.66. The second kappa shape index (κ2) is 7.87. The lowest BCUT2D eigenvalue weighted by molar-refractivity contribution is 0.898. The molecule has 0 spiro atoms.